The number of anilines is 1. The quantitative estimate of drug-likeness (QED) is 0.905. The number of sulfonamides is 1. The lowest BCUT2D eigenvalue weighted by molar-refractivity contribution is 0.599. The zero-order valence-electron chi connectivity index (χ0n) is 9.70. The second kappa shape index (κ2) is 4.99. The molecule has 0 unspecified atom stereocenters. The maximum Gasteiger partial charge on any atom is 0.264 e. The predicted octanol–water partition coefficient (Wildman–Crippen LogP) is 1.25. The maximum atomic E-state index is 12.1. The van der Waals surface area contributed by atoms with Crippen molar-refractivity contribution >= 4 is 31.8 Å². The highest BCUT2D eigenvalue weighted by Crippen LogP contribution is 2.20. The number of rotatable bonds is 3. The first-order chi connectivity index (χ1) is 8.94. The van der Waals surface area contributed by atoms with E-state index >= 15 is 0 Å². The van der Waals surface area contributed by atoms with E-state index in [0.29, 0.717) is 4.47 Å². The van der Waals surface area contributed by atoms with Crippen LogP contribution in [0.3, 0.4) is 0 Å². The van der Waals surface area contributed by atoms with Crippen LogP contribution < -0.4 is 4.72 Å². The fraction of sp³-hybridized carbons (Fsp3) is 0.100. The molecule has 98 valence electrons. The molecular formula is C10H8BrN5O2S. The number of halogens is 1. The molecule has 0 spiro atoms. The Bertz CT molecular complexity index is 762. The Morgan fingerprint density at radius 3 is 2.79 bits per heavy atom. The Labute approximate surface area is 118 Å². The Kier molecular flexibility index (Phi) is 3.55. The van der Waals surface area contributed by atoms with Gasteiger partial charge in [0.2, 0.25) is 0 Å². The summed E-state index contributed by atoms with van der Waals surface area (Å²) >= 11 is 3.15. The van der Waals surface area contributed by atoms with Crippen molar-refractivity contribution in [3.8, 4) is 6.07 Å². The van der Waals surface area contributed by atoms with Crippen molar-refractivity contribution in [2.75, 3.05) is 4.72 Å². The van der Waals surface area contributed by atoms with Crippen molar-refractivity contribution in [1.82, 2.24) is 14.8 Å². The highest BCUT2D eigenvalue weighted by molar-refractivity contribution is 9.10. The summed E-state index contributed by atoms with van der Waals surface area (Å²) in [5.41, 5.74) is 0.147. The van der Waals surface area contributed by atoms with Crippen molar-refractivity contribution in [2.45, 2.75) is 4.90 Å². The van der Waals surface area contributed by atoms with Crippen molar-refractivity contribution in [1.29, 1.82) is 5.26 Å². The number of hydrogen-bond donors (Lipinski definition) is 1. The van der Waals surface area contributed by atoms with Gasteiger partial charge in [-0.05, 0) is 22.0 Å². The Balaban J connectivity index is 2.43. The lowest BCUT2D eigenvalue weighted by atomic mass is 10.4. The van der Waals surface area contributed by atoms with Gasteiger partial charge in [-0.2, -0.15) is 10.4 Å². The predicted molar refractivity (Wildman–Crippen MR) is 70.7 cm³/mol. The molecule has 0 atom stereocenters. The van der Waals surface area contributed by atoms with Gasteiger partial charge >= 0.3 is 0 Å². The third-order valence-electron chi connectivity index (χ3n) is 2.28. The minimum Gasteiger partial charge on any atom is -0.262 e. The van der Waals surface area contributed by atoms with Crippen molar-refractivity contribution in [3.05, 3.63) is 34.7 Å². The molecular weight excluding hydrogens is 334 g/mol. The minimum atomic E-state index is -3.82. The normalized spacial score (nSPS) is 11.0. The molecule has 0 amide bonds. The van der Waals surface area contributed by atoms with Gasteiger partial charge in [-0.15, -0.1) is 0 Å². The van der Waals surface area contributed by atoms with Crippen LogP contribution in [-0.4, -0.2) is 23.2 Å². The van der Waals surface area contributed by atoms with E-state index in [1.165, 1.54) is 36.4 Å². The molecule has 0 aromatic carbocycles. The number of pyridine rings is 1. The number of nitrogens with zero attached hydrogens (tertiary/aromatic N) is 4. The monoisotopic (exact) mass is 341 g/mol. The number of hydrogen-bond acceptors (Lipinski definition) is 5. The zero-order valence-corrected chi connectivity index (χ0v) is 12.1. The average molecular weight is 342 g/mol. The molecule has 2 heterocycles. The highest BCUT2D eigenvalue weighted by atomic mass is 79.9. The molecule has 7 nitrogen and oxygen atoms in total. The van der Waals surface area contributed by atoms with Crippen molar-refractivity contribution < 1.29 is 8.42 Å². The smallest absolute Gasteiger partial charge is 0.262 e. The van der Waals surface area contributed by atoms with E-state index in [2.05, 4.69) is 30.7 Å². The van der Waals surface area contributed by atoms with Gasteiger partial charge in [0, 0.05) is 23.9 Å². The van der Waals surface area contributed by atoms with Crippen LogP contribution in [-0.2, 0) is 17.1 Å². The summed E-state index contributed by atoms with van der Waals surface area (Å²) in [4.78, 5) is 3.78. The Morgan fingerprint density at radius 1 is 1.42 bits per heavy atom. The third-order valence-corrected chi connectivity index (χ3v) is 4.02. The fourth-order valence-corrected chi connectivity index (χ4v) is 2.98. The summed E-state index contributed by atoms with van der Waals surface area (Å²) in [6, 6.07) is 3.28. The van der Waals surface area contributed by atoms with Crippen LogP contribution in [0.15, 0.2) is 34.0 Å². The first-order valence-corrected chi connectivity index (χ1v) is 7.27. The molecule has 0 radical (unpaired) electrons. The van der Waals surface area contributed by atoms with Gasteiger partial charge in [-0.3, -0.25) is 14.4 Å². The Hall–Kier alpha value is -1.92. The molecule has 19 heavy (non-hydrogen) atoms. The highest BCUT2D eigenvalue weighted by Gasteiger charge is 2.19. The largest absolute Gasteiger partial charge is 0.264 e. The summed E-state index contributed by atoms with van der Waals surface area (Å²) in [5.74, 6) is 0.113. The van der Waals surface area contributed by atoms with Gasteiger partial charge < -0.3 is 0 Å². The van der Waals surface area contributed by atoms with E-state index < -0.39 is 10.0 Å². The molecule has 0 bridgehead atoms. The topological polar surface area (TPSA) is 101 Å². The molecule has 1 N–H and O–H groups in total. The fourth-order valence-electron chi connectivity index (χ4n) is 1.37. The summed E-state index contributed by atoms with van der Waals surface area (Å²) in [7, 11) is -2.28. The standard InChI is InChI=1S/C10H8BrN5O2S/c1-16-10(7(3-12)4-14-16)15-19(17,18)9-2-8(11)5-13-6-9/h2,4-6,15H,1H3. The molecule has 0 fully saturated rings. The van der Waals surface area contributed by atoms with Crippen LogP contribution in [0.2, 0.25) is 0 Å². The molecule has 0 saturated carbocycles. The first-order valence-electron chi connectivity index (χ1n) is 4.99. The molecule has 0 aliphatic carbocycles. The second-order valence-electron chi connectivity index (χ2n) is 3.59. The SMILES string of the molecule is Cn1ncc(C#N)c1NS(=O)(=O)c1cncc(Br)c1. The van der Waals surface area contributed by atoms with Crippen molar-refractivity contribution in [3.63, 3.8) is 0 Å². The van der Waals surface area contributed by atoms with E-state index in [4.69, 9.17) is 5.26 Å². The minimum absolute atomic E-state index is 0.00744. The van der Waals surface area contributed by atoms with Gasteiger partial charge in [0.25, 0.3) is 10.0 Å². The van der Waals surface area contributed by atoms with E-state index in [-0.39, 0.29) is 16.3 Å². The van der Waals surface area contributed by atoms with Crippen LogP contribution in [0.1, 0.15) is 5.56 Å². The van der Waals surface area contributed by atoms with E-state index in [9.17, 15) is 8.42 Å². The van der Waals surface area contributed by atoms with Crippen LogP contribution in [0, 0.1) is 11.3 Å². The Morgan fingerprint density at radius 2 is 2.16 bits per heavy atom. The molecule has 0 aliphatic heterocycles. The molecule has 0 aliphatic rings. The first kappa shape index (κ1) is 13.5. The van der Waals surface area contributed by atoms with E-state index in [1.54, 1.807) is 0 Å². The van der Waals surface area contributed by atoms with Crippen molar-refractivity contribution in [2.24, 2.45) is 7.05 Å². The molecule has 2 rings (SSSR count). The van der Waals surface area contributed by atoms with Gasteiger partial charge in [-0.25, -0.2) is 8.42 Å². The lowest BCUT2D eigenvalue weighted by Crippen LogP contribution is -2.16. The summed E-state index contributed by atoms with van der Waals surface area (Å²) in [6.07, 6.45) is 3.98. The van der Waals surface area contributed by atoms with Crippen LogP contribution in [0.25, 0.3) is 0 Å². The summed E-state index contributed by atoms with van der Waals surface area (Å²) < 4.78 is 28.4. The summed E-state index contributed by atoms with van der Waals surface area (Å²) in [5, 5.41) is 12.7. The lowest BCUT2D eigenvalue weighted by Gasteiger charge is -2.08. The van der Waals surface area contributed by atoms with Crippen LogP contribution >= 0.6 is 15.9 Å². The number of nitrogens with one attached hydrogen (secondary N) is 1. The van der Waals surface area contributed by atoms with Gasteiger partial charge in [0.1, 0.15) is 16.5 Å². The van der Waals surface area contributed by atoms with Gasteiger partial charge in [0.05, 0.1) is 6.20 Å². The molecule has 0 saturated heterocycles. The number of nitriles is 1. The number of aromatic nitrogens is 3. The van der Waals surface area contributed by atoms with E-state index in [0.717, 1.165) is 0 Å². The molecule has 2 aromatic rings. The number of aryl methyl sites for hydroxylation is 1. The third kappa shape index (κ3) is 2.74. The molecule has 2 aromatic heterocycles. The molecule has 9 heteroatoms. The van der Waals surface area contributed by atoms with E-state index in [1.807, 2.05) is 6.07 Å². The van der Waals surface area contributed by atoms with Crippen LogP contribution in [0.5, 0.6) is 0 Å². The summed E-state index contributed by atoms with van der Waals surface area (Å²) in [6.45, 7) is 0. The second-order valence-corrected chi connectivity index (χ2v) is 6.18. The van der Waals surface area contributed by atoms with Crippen LogP contribution in [0.4, 0.5) is 5.82 Å². The van der Waals surface area contributed by atoms with Gasteiger partial charge in [0.15, 0.2) is 5.82 Å². The maximum absolute atomic E-state index is 12.1. The average Bonchev–Trinajstić information content (AvgIpc) is 2.70. The zero-order chi connectivity index (χ0) is 14.0. The van der Waals surface area contributed by atoms with Gasteiger partial charge in [-0.1, -0.05) is 0 Å².